The second-order valence-corrected chi connectivity index (χ2v) is 17.2. The van der Waals surface area contributed by atoms with Crippen LogP contribution in [0.5, 0.6) is 0 Å². The van der Waals surface area contributed by atoms with Gasteiger partial charge in [-0.3, -0.25) is 4.79 Å². The number of methoxy groups -OCH3 is 1. The Morgan fingerprint density at radius 2 is 1.79 bits per heavy atom. The van der Waals surface area contributed by atoms with Crippen molar-refractivity contribution in [2.24, 2.45) is 5.11 Å². The number of azide groups is 1. The van der Waals surface area contributed by atoms with Crippen molar-refractivity contribution in [3.05, 3.63) is 80.4 Å². The van der Waals surface area contributed by atoms with Crippen molar-refractivity contribution < 1.29 is 36.7 Å². The van der Waals surface area contributed by atoms with Gasteiger partial charge in [-0.1, -0.05) is 41.0 Å². The summed E-state index contributed by atoms with van der Waals surface area (Å²) in [5, 5.41) is 4.52. The molecule has 52 heavy (non-hydrogen) atoms. The first-order valence-electron chi connectivity index (χ1n) is 17.5. The highest BCUT2D eigenvalue weighted by Gasteiger charge is 2.47. The lowest BCUT2D eigenvalue weighted by Gasteiger charge is -2.44. The van der Waals surface area contributed by atoms with Crippen LogP contribution in [0.3, 0.4) is 0 Å². The fourth-order valence-corrected chi connectivity index (χ4v) is 9.72. The highest BCUT2D eigenvalue weighted by Crippen LogP contribution is 2.42. The lowest BCUT2D eigenvalue weighted by atomic mass is 9.66. The third-order valence-electron chi connectivity index (χ3n) is 10.4. The Morgan fingerprint density at radius 3 is 2.42 bits per heavy atom. The smallest absolute Gasteiger partial charge is 0.410 e. The maximum Gasteiger partial charge on any atom is 0.410 e. The van der Waals surface area contributed by atoms with E-state index in [1.165, 1.54) is 28.4 Å². The number of nitrogens with zero attached hydrogens (tertiary/aromatic N) is 6. The Morgan fingerprint density at radius 1 is 1.10 bits per heavy atom. The molecule has 2 bridgehead atoms. The fraction of sp³-hybridized carbons (Fsp3) is 0.583. The first kappa shape index (κ1) is 39.3. The number of hydrogen-bond acceptors (Lipinski definition) is 8. The van der Waals surface area contributed by atoms with E-state index in [-0.39, 0.29) is 75.6 Å². The number of fused-ring (bicyclic) bond motifs is 2. The summed E-state index contributed by atoms with van der Waals surface area (Å²) >= 11 is 6.19. The number of rotatable bonds is 9. The normalized spacial score (nSPS) is 23.1. The molecule has 13 nitrogen and oxygen atoms in total. The number of piperazine rings is 1. The molecule has 4 atom stereocenters. The first-order chi connectivity index (χ1) is 24.6. The average molecular weight is 761 g/mol. The van der Waals surface area contributed by atoms with Gasteiger partial charge in [-0.15, -0.1) is 0 Å². The Kier molecular flexibility index (Phi) is 12.1. The molecule has 3 fully saturated rings. The number of benzene rings is 2. The third kappa shape index (κ3) is 8.65. The van der Waals surface area contributed by atoms with Gasteiger partial charge in [0.05, 0.1) is 12.9 Å². The lowest BCUT2D eigenvalue weighted by Crippen LogP contribution is -2.60. The number of amides is 2. The monoisotopic (exact) mass is 760 g/mol. The average Bonchev–Trinajstić information content (AvgIpc) is 3.22. The lowest BCUT2D eigenvalue weighted by molar-refractivity contribution is -0.121. The van der Waals surface area contributed by atoms with Crippen LogP contribution in [0.2, 0.25) is 5.02 Å². The van der Waals surface area contributed by atoms with Crippen LogP contribution in [0.1, 0.15) is 69.6 Å². The van der Waals surface area contributed by atoms with Crippen molar-refractivity contribution >= 4 is 39.6 Å². The maximum atomic E-state index is 15.7. The van der Waals surface area contributed by atoms with Gasteiger partial charge in [0, 0.05) is 60.0 Å². The molecule has 3 aliphatic heterocycles. The maximum absolute atomic E-state index is 15.7. The molecule has 0 saturated carbocycles. The summed E-state index contributed by atoms with van der Waals surface area (Å²) in [6, 6.07) is 9.20. The molecular weight excluding hydrogens is 715 g/mol. The topological polar surface area (TPSA) is 162 Å². The third-order valence-corrected chi connectivity index (χ3v) is 12.6. The predicted octanol–water partition coefficient (Wildman–Crippen LogP) is 6.42. The number of sulfonamides is 1. The number of carbonyl (C=O) groups excluding carboxylic acids is 3. The minimum atomic E-state index is -3.63. The van der Waals surface area contributed by atoms with Crippen LogP contribution in [-0.2, 0) is 42.5 Å². The van der Waals surface area contributed by atoms with E-state index in [0.717, 1.165) is 5.56 Å². The number of Topliss-reactive ketones (excluding diaryl/α,β-unsaturated/α-hetero) is 1. The summed E-state index contributed by atoms with van der Waals surface area (Å²) in [7, 11) is -2.33. The highest BCUT2D eigenvalue weighted by molar-refractivity contribution is 7.89. The van der Waals surface area contributed by atoms with Crippen molar-refractivity contribution in [3.63, 3.8) is 0 Å². The zero-order valence-electron chi connectivity index (χ0n) is 30.0. The molecule has 3 aliphatic rings. The number of ether oxygens (including phenoxy) is 2. The van der Waals surface area contributed by atoms with Crippen LogP contribution in [-0.4, -0.2) is 103 Å². The number of piperidine rings is 1. The molecule has 0 radical (unpaired) electrons. The minimum absolute atomic E-state index is 0.0465. The predicted molar refractivity (Wildman–Crippen MR) is 193 cm³/mol. The van der Waals surface area contributed by atoms with Crippen LogP contribution in [0.4, 0.5) is 14.0 Å². The number of likely N-dealkylation sites (tertiary alicyclic amines) is 1. The van der Waals surface area contributed by atoms with E-state index >= 15 is 4.39 Å². The second-order valence-electron chi connectivity index (χ2n) is 14.8. The summed E-state index contributed by atoms with van der Waals surface area (Å²) in [6.07, 6.45) is 0.488. The van der Waals surface area contributed by atoms with Gasteiger partial charge in [0.15, 0.2) is 0 Å². The summed E-state index contributed by atoms with van der Waals surface area (Å²) in [5.41, 5.74) is 9.32. The van der Waals surface area contributed by atoms with Gasteiger partial charge in [-0.25, -0.2) is 22.4 Å². The molecule has 2 aromatic rings. The van der Waals surface area contributed by atoms with Gasteiger partial charge in [-0.2, -0.15) is 4.31 Å². The molecule has 3 heterocycles. The Hall–Kier alpha value is -3.91. The second kappa shape index (κ2) is 16.0. The molecule has 2 aromatic carbocycles. The Labute approximate surface area is 309 Å². The number of carbonyl (C=O) groups is 3. The fourth-order valence-electron chi connectivity index (χ4n) is 7.81. The molecule has 0 aliphatic carbocycles. The van der Waals surface area contributed by atoms with Gasteiger partial charge < -0.3 is 19.3 Å². The Bertz CT molecular complexity index is 1810. The minimum Gasteiger partial charge on any atom is -0.453 e. The zero-order chi connectivity index (χ0) is 37.8. The highest BCUT2D eigenvalue weighted by atomic mass is 35.5. The molecule has 5 rings (SSSR count). The van der Waals surface area contributed by atoms with Crippen LogP contribution < -0.4 is 0 Å². The molecule has 0 N–H and O–H groups in total. The van der Waals surface area contributed by atoms with E-state index in [1.54, 1.807) is 56.0 Å². The van der Waals surface area contributed by atoms with Gasteiger partial charge in [0.25, 0.3) is 0 Å². The van der Waals surface area contributed by atoms with Gasteiger partial charge >= 0.3 is 12.2 Å². The van der Waals surface area contributed by atoms with E-state index in [2.05, 4.69) is 10.0 Å². The molecule has 16 heteroatoms. The van der Waals surface area contributed by atoms with Crippen molar-refractivity contribution in [3.8, 4) is 0 Å². The van der Waals surface area contributed by atoms with Crippen molar-refractivity contribution in [1.29, 1.82) is 0 Å². The molecular formula is C36H46ClFN6O7S. The van der Waals surface area contributed by atoms with Gasteiger partial charge in [0.1, 0.15) is 23.2 Å². The summed E-state index contributed by atoms with van der Waals surface area (Å²) < 4.78 is 54.4. The van der Waals surface area contributed by atoms with E-state index in [4.69, 9.17) is 21.1 Å². The first-order valence-corrected chi connectivity index (χ1v) is 19.5. The summed E-state index contributed by atoms with van der Waals surface area (Å²) in [6.45, 7) is 6.01. The van der Waals surface area contributed by atoms with Crippen LogP contribution >= 0.6 is 11.6 Å². The Balaban J connectivity index is 1.42. The summed E-state index contributed by atoms with van der Waals surface area (Å²) in [4.78, 5) is 46.1. The summed E-state index contributed by atoms with van der Waals surface area (Å²) in [5.74, 6) is -1.03. The largest absolute Gasteiger partial charge is 0.453 e. The molecule has 3 saturated heterocycles. The zero-order valence-corrected chi connectivity index (χ0v) is 31.5. The standard InChI is InChI=1S/C36H46ClFN6O7S/c1-35(2,3)51-34(47)43-22-28(44-23-27(43)8-6-20-52(44,48)49)14-15-29-24(7-5-9-30(29)38)21-31(45)32(40-41-39)36(25-10-12-26(37)13-11-25)16-18-42(19-17-36)33(46)50-4/h5,7,9-13,27-28,32H,6,8,14-23H2,1-4H3/t27-,28+,32-/m1/s1. The van der Waals surface area contributed by atoms with E-state index in [9.17, 15) is 28.3 Å². The molecule has 1 unspecified atom stereocenters. The molecule has 2 amide bonds. The van der Waals surface area contributed by atoms with Crippen LogP contribution in [0.25, 0.3) is 10.4 Å². The molecule has 0 aromatic heterocycles. The molecule has 282 valence electrons. The van der Waals surface area contributed by atoms with Crippen LogP contribution in [0.15, 0.2) is 47.6 Å². The van der Waals surface area contributed by atoms with Gasteiger partial charge in [0.2, 0.25) is 10.0 Å². The van der Waals surface area contributed by atoms with E-state index < -0.39 is 56.9 Å². The number of hydrogen-bond donors (Lipinski definition) is 0. The van der Waals surface area contributed by atoms with E-state index in [1.807, 2.05) is 0 Å². The number of halogens is 2. The molecule has 0 spiro atoms. The van der Waals surface area contributed by atoms with Gasteiger partial charge in [-0.05, 0) is 99.7 Å². The SMILES string of the molecule is COC(=O)N1CCC(c2ccc(Cl)cc2)([C@H](N=[N+]=[N-])C(=O)Cc2cccc(F)c2CC[C@H]2CN(C(=O)OC(C)(C)C)[C@@H]3CCCS(=O)(=O)N2C3)CC1. The van der Waals surface area contributed by atoms with Crippen LogP contribution in [0, 0.1) is 5.82 Å². The van der Waals surface area contributed by atoms with E-state index in [0.29, 0.717) is 23.4 Å². The quantitative estimate of drug-likeness (QED) is 0.162. The van der Waals surface area contributed by atoms with Crippen molar-refractivity contribution in [1.82, 2.24) is 14.1 Å². The number of ketones is 1. The van der Waals surface area contributed by atoms with Crippen molar-refractivity contribution in [2.45, 2.75) is 94.9 Å². The van der Waals surface area contributed by atoms with Crippen molar-refractivity contribution in [2.75, 3.05) is 39.0 Å².